The van der Waals surface area contributed by atoms with Crippen LogP contribution in [0.2, 0.25) is 5.28 Å². The Balaban J connectivity index is 2.83. The Labute approximate surface area is 88.2 Å². The molecule has 0 amide bonds. The summed E-state index contributed by atoms with van der Waals surface area (Å²) in [6.07, 6.45) is 2.14. The van der Waals surface area contributed by atoms with Crippen molar-refractivity contribution in [3.63, 3.8) is 0 Å². The van der Waals surface area contributed by atoms with E-state index in [0.717, 1.165) is 11.4 Å². The number of aryl methyl sites for hydroxylation is 1. The first-order chi connectivity index (χ1) is 6.65. The Hall–Kier alpha value is -1.34. The van der Waals surface area contributed by atoms with Crippen LogP contribution in [0, 0.1) is 18.3 Å². The van der Waals surface area contributed by atoms with Gasteiger partial charge in [-0.2, -0.15) is 5.26 Å². The number of anilines is 1. The van der Waals surface area contributed by atoms with E-state index >= 15 is 0 Å². The van der Waals surface area contributed by atoms with Crippen LogP contribution in [-0.4, -0.2) is 23.6 Å². The van der Waals surface area contributed by atoms with Gasteiger partial charge >= 0.3 is 0 Å². The second-order valence-corrected chi connectivity index (χ2v) is 3.31. The Morgan fingerprint density at radius 1 is 1.64 bits per heavy atom. The first kappa shape index (κ1) is 10.7. The van der Waals surface area contributed by atoms with Gasteiger partial charge in [0.25, 0.3) is 0 Å². The lowest BCUT2D eigenvalue weighted by Crippen LogP contribution is -2.20. The molecule has 74 valence electrons. The minimum atomic E-state index is 0.231. The lowest BCUT2D eigenvalue weighted by molar-refractivity contribution is 0.872. The molecule has 0 radical (unpaired) electrons. The average Bonchev–Trinajstić information content (AvgIpc) is 2.18. The van der Waals surface area contributed by atoms with E-state index in [1.54, 1.807) is 6.20 Å². The summed E-state index contributed by atoms with van der Waals surface area (Å²) < 4.78 is 0. The second-order valence-electron chi connectivity index (χ2n) is 2.98. The van der Waals surface area contributed by atoms with Gasteiger partial charge in [-0.05, 0) is 18.5 Å². The third-order valence-corrected chi connectivity index (χ3v) is 2.02. The van der Waals surface area contributed by atoms with E-state index < -0.39 is 0 Å². The van der Waals surface area contributed by atoms with Crippen molar-refractivity contribution in [1.82, 2.24) is 9.97 Å². The summed E-state index contributed by atoms with van der Waals surface area (Å²) in [4.78, 5) is 9.86. The molecule has 0 bridgehead atoms. The highest BCUT2D eigenvalue weighted by Gasteiger charge is 2.07. The van der Waals surface area contributed by atoms with Gasteiger partial charge in [0.1, 0.15) is 5.82 Å². The molecule has 1 aromatic rings. The van der Waals surface area contributed by atoms with Gasteiger partial charge in [0.05, 0.1) is 12.5 Å². The molecule has 0 N–H and O–H groups in total. The molecule has 1 heterocycles. The Morgan fingerprint density at radius 2 is 2.36 bits per heavy atom. The number of hydrogen-bond acceptors (Lipinski definition) is 4. The van der Waals surface area contributed by atoms with E-state index in [9.17, 15) is 0 Å². The quantitative estimate of drug-likeness (QED) is 0.714. The number of halogens is 1. The number of aromatic nitrogens is 2. The minimum absolute atomic E-state index is 0.231. The van der Waals surface area contributed by atoms with Gasteiger partial charge in [0, 0.05) is 25.4 Å². The molecule has 1 aromatic heterocycles. The topological polar surface area (TPSA) is 52.8 Å². The molecule has 0 atom stereocenters. The predicted molar refractivity (Wildman–Crippen MR) is 55.3 cm³/mol. The van der Waals surface area contributed by atoms with Crippen LogP contribution in [-0.2, 0) is 0 Å². The van der Waals surface area contributed by atoms with E-state index in [2.05, 4.69) is 16.0 Å². The minimum Gasteiger partial charge on any atom is -0.358 e. The molecule has 0 aliphatic heterocycles. The van der Waals surface area contributed by atoms with Crippen molar-refractivity contribution in [1.29, 1.82) is 5.26 Å². The Morgan fingerprint density at radius 3 is 3.00 bits per heavy atom. The lowest BCUT2D eigenvalue weighted by Gasteiger charge is -2.18. The summed E-state index contributed by atoms with van der Waals surface area (Å²) in [5, 5.41) is 8.68. The number of nitrogens with zero attached hydrogens (tertiary/aromatic N) is 4. The maximum absolute atomic E-state index is 8.45. The highest BCUT2D eigenvalue weighted by Crippen LogP contribution is 2.16. The van der Waals surface area contributed by atoms with Gasteiger partial charge in [0.15, 0.2) is 0 Å². The van der Waals surface area contributed by atoms with Crippen LogP contribution in [0.25, 0.3) is 0 Å². The normalized spacial score (nSPS) is 9.57. The van der Waals surface area contributed by atoms with Crippen molar-refractivity contribution < 1.29 is 0 Å². The van der Waals surface area contributed by atoms with Crippen molar-refractivity contribution in [3.05, 3.63) is 17.0 Å². The molecule has 0 spiro atoms. The number of rotatable bonds is 3. The van der Waals surface area contributed by atoms with E-state index in [-0.39, 0.29) is 5.28 Å². The zero-order chi connectivity index (χ0) is 10.6. The van der Waals surface area contributed by atoms with Crippen molar-refractivity contribution in [2.24, 2.45) is 0 Å². The molecule has 5 heteroatoms. The molecule has 0 aliphatic rings. The first-order valence-corrected chi connectivity index (χ1v) is 4.60. The van der Waals surface area contributed by atoms with Crippen molar-refractivity contribution in [2.75, 3.05) is 18.5 Å². The van der Waals surface area contributed by atoms with Gasteiger partial charge in [-0.25, -0.2) is 9.97 Å². The molecule has 0 saturated carbocycles. The zero-order valence-corrected chi connectivity index (χ0v) is 8.91. The number of hydrogen-bond donors (Lipinski definition) is 0. The van der Waals surface area contributed by atoms with Gasteiger partial charge in [-0.3, -0.25) is 0 Å². The van der Waals surface area contributed by atoms with Crippen LogP contribution in [0.15, 0.2) is 6.20 Å². The van der Waals surface area contributed by atoms with Crippen molar-refractivity contribution in [3.8, 4) is 6.07 Å². The first-order valence-electron chi connectivity index (χ1n) is 4.22. The van der Waals surface area contributed by atoms with E-state index in [0.29, 0.717) is 13.0 Å². The summed E-state index contributed by atoms with van der Waals surface area (Å²) in [5.41, 5.74) is 0.954. The zero-order valence-electron chi connectivity index (χ0n) is 8.16. The van der Waals surface area contributed by atoms with E-state index in [1.807, 2.05) is 18.9 Å². The predicted octanol–water partition coefficient (Wildman–Crippen LogP) is 1.79. The third-order valence-electron chi connectivity index (χ3n) is 1.84. The molecule has 0 saturated heterocycles. The summed E-state index contributed by atoms with van der Waals surface area (Å²) in [5.74, 6) is 0.778. The largest absolute Gasteiger partial charge is 0.358 e. The highest BCUT2D eigenvalue weighted by molar-refractivity contribution is 6.28. The fraction of sp³-hybridized carbons (Fsp3) is 0.444. The Bertz CT molecular complexity index is 358. The van der Waals surface area contributed by atoms with Gasteiger partial charge in [-0.1, -0.05) is 0 Å². The van der Waals surface area contributed by atoms with Crippen LogP contribution in [0.1, 0.15) is 12.0 Å². The summed E-state index contributed by atoms with van der Waals surface area (Å²) in [6, 6.07) is 2.08. The molecular formula is C9H11ClN4. The molecule has 0 fully saturated rings. The summed E-state index contributed by atoms with van der Waals surface area (Å²) >= 11 is 5.68. The third kappa shape index (κ3) is 2.57. The molecule has 0 aromatic carbocycles. The van der Waals surface area contributed by atoms with Gasteiger partial charge in [-0.15, -0.1) is 0 Å². The van der Waals surface area contributed by atoms with Crippen LogP contribution < -0.4 is 4.90 Å². The SMILES string of the molecule is Cc1cnc(Cl)nc1N(C)CCC#N. The van der Waals surface area contributed by atoms with Crippen LogP contribution in [0.5, 0.6) is 0 Å². The highest BCUT2D eigenvalue weighted by atomic mass is 35.5. The fourth-order valence-electron chi connectivity index (χ4n) is 1.12. The Kier molecular flexibility index (Phi) is 3.66. The standard InChI is InChI=1S/C9H11ClN4/c1-7-6-12-9(10)13-8(7)14(2)5-3-4-11/h6H,3,5H2,1-2H3. The fourth-order valence-corrected chi connectivity index (χ4v) is 1.25. The van der Waals surface area contributed by atoms with E-state index in [1.165, 1.54) is 0 Å². The molecule has 14 heavy (non-hydrogen) atoms. The van der Waals surface area contributed by atoms with Crippen molar-refractivity contribution in [2.45, 2.75) is 13.3 Å². The van der Waals surface area contributed by atoms with Crippen LogP contribution in [0.4, 0.5) is 5.82 Å². The summed E-state index contributed by atoms with van der Waals surface area (Å²) in [6.45, 7) is 2.55. The van der Waals surface area contributed by atoms with Gasteiger partial charge < -0.3 is 4.90 Å². The summed E-state index contributed by atoms with van der Waals surface area (Å²) in [7, 11) is 1.88. The molecule has 1 rings (SSSR count). The van der Waals surface area contributed by atoms with Gasteiger partial charge in [0.2, 0.25) is 5.28 Å². The maximum Gasteiger partial charge on any atom is 0.224 e. The molecule has 0 aliphatic carbocycles. The van der Waals surface area contributed by atoms with E-state index in [4.69, 9.17) is 16.9 Å². The van der Waals surface area contributed by atoms with Crippen LogP contribution in [0.3, 0.4) is 0 Å². The second kappa shape index (κ2) is 4.77. The molecular weight excluding hydrogens is 200 g/mol. The molecule has 4 nitrogen and oxygen atoms in total. The smallest absolute Gasteiger partial charge is 0.224 e. The average molecular weight is 211 g/mol. The monoisotopic (exact) mass is 210 g/mol. The maximum atomic E-state index is 8.45. The van der Waals surface area contributed by atoms with Crippen LogP contribution >= 0.6 is 11.6 Å². The number of nitriles is 1. The lowest BCUT2D eigenvalue weighted by atomic mass is 10.3. The molecule has 0 unspecified atom stereocenters. The van der Waals surface area contributed by atoms with Crippen molar-refractivity contribution >= 4 is 17.4 Å².